The number of benzene rings is 3. The number of hydrogen-bond acceptors (Lipinski definition) is 6. The number of rotatable bonds is 10. The minimum Gasteiger partial charge on any atom is -0.391 e. The summed E-state index contributed by atoms with van der Waals surface area (Å²) in [6, 6.07) is 18.3. The number of carbonyl (C=O) groups is 3. The van der Waals surface area contributed by atoms with E-state index in [4.69, 9.17) is 5.21 Å². The Kier molecular flexibility index (Phi) is 10.7. The van der Waals surface area contributed by atoms with E-state index in [1.165, 1.54) is 36.7 Å². The highest BCUT2D eigenvalue weighted by molar-refractivity contribution is 5.97. The first-order valence-electron chi connectivity index (χ1n) is 12.1. The molecule has 0 fully saturated rings. The predicted octanol–water partition coefficient (Wildman–Crippen LogP) is 1.98. The maximum Gasteiger partial charge on any atom is 0.268 e. The van der Waals surface area contributed by atoms with E-state index >= 15 is 0 Å². The van der Waals surface area contributed by atoms with Crippen molar-refractivity contribution in [3.63, 3.8) is 0 Å². The van der Waals surface area contributed by atoms with E-state index in [0.29, 0.717) is 24.2 Å². The lowest BCUT2D eigenvalue weighted by molar-refractivity contribution is -0.133. The van der Waals surface area contributed by atoms with Crippen LogP contribution in [0.1, 0.15) is 34.0 Å². The van der Waals surface area contributed by atoms with Crippen molar-refractivity contribution in [1.29, 1.82) is 0 Å². The average Bonchev–Trinajstić information content (AvgIpc) is 2.94. The van der Waals surface area contributed by atoms with Gasteiger partial charge in [0.05, 0.1) is 12.6 Å². The van der Waals surface area contributed by atoms with Crippen molar-refractivity contribution >= 4 is 23.4 Å². The molecular formula is C29H29FN4O5. The van der Waals surface area contributed by atoms with Crippen LogP contribution in [-0.4, -0.2) is 53.3 Å². The van der Waals surface area contributed by atoms with Crippen molar-refractivity contribution in [2.45, 2.75) is 25.5 Å². The Morgan fingerprint density at radius 2 is 1.49 bits per heavy atom. The Morgan fingerprint density at radius 3 is 2.05 bits per heavy atom. The van der Waals surface area contributed by atoms with Gasteiger partial charge in [0.15, 0.2) is 0 Å². The van der Waals surface area contributed by atoms with Crippen molar-refractivity contribution in [2.75, 3.05) is 18.4 Å². The Hall–Kier alpha value is -4.56. The molecular weight excluding hydrogens is 503 g/mol. The summed E-state index contributed by atoms with van der Waals surface area (Å²) in [6.45, 7) is 2.05. The minimum absolute atomic E-state index is 0.144. The van der Waals surface area contributed by atoms with Gasteiger partial charge in [-0.3, -0.25) is 19.6 Å². The van der Waals surface area contributed by atoms with E-state index in [1.54, 1.807) is 48.5 Å². The first kappa shape index (κ1) is 29.0. The molecule has 0 aliphatic rings. The molecule has 3 amide bonds. The molecule has 0 radical (unpaired) electrons. The predicted molar refractivity (Wildman–Crippen MR) is 143 cm³/mol. The summed E-state index contributed by atoms with van der Waals surface area (Å²) < 4.78 is 12.9. The van der Waals surface area contributed by atoms with Gasteiger partial charge in [0.1, 0.15) is 11.9 Å². The van der Waals surface area contributed by atoms with Gasteiger partial charge in [-0.2, -0.15) is 0 Å². The molecule has 10 heteroatoms. The Labute approximate surface area is 225 Å². The van der Waals surface area contributed by atoms with Gasteiger partial charge in [-0.1, -0.05) is 24.0 Å². The fourth-order valence-corrected chi connectivity index (χ4v) is 3.48. The monoisotopic (exact) mass is 532 g/mol. The van der Waals surface area contributed by atoms with Crippen LogP contribution in [0, 0.1) is 17.7 Å². The highest BCUT2D eigenvalue weighted by Gasteiger charge is 2.25. The molecule has 0 heterocycles. The van der Waals surface area contributed by atoms with Crippen molar-refractivity contribution < 1.29 is 29.1 Å². The Bertz CT molecular complexity index is 1330. The Balaban J connectivity index is 1.46. The zero-order valence-electron chi connectivity index (χ0n) is 21.2. The number of aliphatic hydroxyl groups is 1. The molecule has 2 atom stereocenters. The number of amides is 3. The maximum absolute atomic E-state index is 12.9. The van der Waals surface area contributed by atoms with Gasteiger partial charge >= 0.3 is 0 Å². The van der Waals surface area contributed by atoms with Crippen LogP contribution in [0.4, 0.5) is 10.1 Å². The van der Waals surface area contributed by atoms with Crippen molar-refractivity contribution in [3.8, 4) is 11.8 Å². The molecule has 3 aromatic carbocycles. The van der Waals surface area contributed by atoms with Crippen LogP contribution < -0.4 is 21.4 Å². The van der Waals surface area contributed by atoms with Gasteiger partial charge in [0, 0.05) is 22.4 Å². The van der Waals surface area contributed by atoms with Crippen LogP contribution >= 0.6 is 0 Å². The van der Waals surface area contributed by atoms with Crippen molar-refractivity contribution in [1.82, 2.24) is 16.1 Å². The molecule has 0 saturated carbocycles. The zero-order valence-corrected chi connectivity index (χ0v) is 21.2. The van der Waals surface area contributed by atoms with Gasteiger partial charge in [-0.25, -0.2) is 9.87 Å². The maximum atomic E-state index is 12.9. The summed E-state index contributed by atoms with van der Waals surface area (Å²) in [5.74, 6) is 4.01. The first-order valence-corrected chi connectivity index (χ1v) is 12.1. The minimum atomic E-state index is -1.31. The number of anilines is 1. The van der Waals surface area contributed by atoms with Gasteiger partial charge in [0.25, 0.3) is 11.8 Å². The lowest BCUT2D eigenvalue weighted by Gasteiger charge is -2.19. The number of halogens is 1. The fraction of sp³-hybridized carbons (Fsp3) is 0.207. The van der Waals surface area contributed by atoms with Crippen LogP contribution in [0.3, 0.4) is 0 Å². The molecule has 0 bridgehead atoms. The second kappa shape index (κ2) is 14.4. The molecule has 0 aliphatic heterocycles. The third-order valence-electron chi connectivity index (χ3n) is 5.62. The number of hydroxylamine groups is 1. The van der Waals surface area contributed by atoms with Gasteiger partial charge in [-0.15, -0.1) is 0 Å². The quantitative estimate of drug-likeness (QED) is 0.102. The third-order valence-corrected chi connectivity index (χ3v) is 5.62. The van der Waals surface area contributed by atoms with Gasteiger partial charge in [0.2, 0.25) is 5.91 Å². The molecule has 0 spiro atoms. The standard InChI is InChI=1S/C29H29FN4O5/c1-19(35)27(29(38)34-39)33-28(37)23-10-4-20(5-11-23)2-3-21-8-14-25(15-9-21)32-26(36)18-31-17-16-22-6-12-24(30)13-7-22/h4-15,19,27,31,35,39H,16-18H2,1H3,(H,32,36)(H,33,37)(H,34,38). The van der Waals surface area contributed by atoms with E-state index in [-0.39, 0.29) is 23.8 Å². The van der Waals surface area contributed by atoms with E-state index in [0.717, 1.165) is 11.1 Å². The van der Waals surface area contributed by atoms with Crippen LogP contribution in [-0.2, 0) is 16.0 Å². The molecule has 3 aromatic rings. The van der Waals surface area contributed by atoms with Crippen molar-refractivity contribution in [3.05, 3.63) is 101 Å². The normalized spacial score (nSPS) is 11.9. The van der Waals surface area contributed by atoms with E-state index in [9.17, 15) is 23.9 Å². The van der Waals surface area contributed by atoms with E-state index in [1.807, 2.05) is 0 Å². The third kappa shape index (κ3) is 9.36. The summed E-state index contributed by atoms with van der Waals surface area (Å²) in [4.78, 5) is 36.1. The highest BCUT2D eigenvalue weighted by atomic mass is 19.1. The summed E-state index contributed by atoms with van der Waals surface area (Å²) in [5.41, 5.74) is 4.65. The zero-order chi connectivity index (χ0) is 28.2. The highest BCUT2D eigenvalue weighted by Crippen LogP contribution is 2.10. The molecule has 202 valence electrons. The first-order chi connectivity index (χ1) is 18.7. The summed E-state index contributed by atoms with van der Waals surface area (Å²) in [5, 5.41) is 26.6. The SMILES string of the molecule is CC(O)C(NC(=O)c1ccc(C#Cc2ccc(NC(=O)CNCCc3ccc(F)cc3)cc2)cc1)C(=O)NO. The average molecular weight is 533 g/mol. The van der Waals surface area contributed by atoms with Gasteiger partial charge in [-0.05, 0) is 86.1 Å². The van der Waals surface area contributed by atoms with E-state index in [2.05, 4.69) is 27.8 Å². The Morgan fingerprint density at radius 1 is 0.897 bits per heavy atom. The molecule has 0 aliphatic carbocycles. The second-order valence-corrected chi connectivity index (χ2v) is 8.67. The smallest absolute Gasteiger partial charge is 0.268 e. The topological polar surface area (TPSA) is 140 Å². The summed E-state index contributed by atoms with van der Waals surface area (Å²) in [6.07, 6.45) is -0.523. The lowest BCUT2D eigenvalue weighted by Crippen LogP contribution is -2.51. The fourth-order valence-electron chi connectivity index (χ4n) is 3.48. The number of nitrogens with one attached hydrogen (secondary N) is 4. The molecule has 3 rings (SSSR count). The van der Waals surface area contributed by atoms with Crippen LogP contribution in [0.5, 0.6) is 0 Å². The van der Waals surface area contributed by atoms with Gasteiger partial charge < -0.3 is 21.1 Å². The molecule has 9 nitrogen and oxygen atoms in total. The molecule has 2 unspecified atom stereocenters. The van der Waals surface area contributed by atoms with Crippen LogP contribution in [0.2, 0.25) is 0 Å². The van der Waals surface area contributed by atoms with Crippen LogP contribution in [0.25, 0.3) is 0 Å². The number of carbonyl (C=O) groups excluding carboxylic acids is 3. The molecule has 39 heavy (non-hydrogen) atoms. The summed E-state index contributed by atoms with van der Waals surface area (Å²) in [7, 11) is 0. The molecule has 0 aromatic heterocycles. The van der Waals surface area contributed by atoms with Crippen molar-refractivity contribution in [2.24, 2.45) is 0 Å². The number of hydrogen-bond donors (Lipinski definition) is 6. The largest absolute Gasteiger partial charge is 0.391 e. The number of aliphatic hydroxyl groups excluding tert-OH is 1. The van der Waals surface area contributed by atoms with E-state index < -0.39 is 24.0 Å². The van der Waals surface area contributed by atoms with Crippen LogP contribution in [0.15, 0.2) is 72.8 Å². The lowest BCUT2D eigenvalue weighted by atomic mass is 10.1. The second-order valence-electron chi connectivity index (χ2n) is 8.67. The molecule has 6 N–H and O–H groups in total. The summed E-state index contributed by atoms with van der Waals surface area (Å²) >= 11 is 0. The molecule has 0 saturated heterocycles.